The molecule has 3 rings (SSSR count). The molecule has 138 valence electrons. The summed E-state index contributed by atoms with van der Waals surface area (Å²) in [6.07, 6.45) is 4.10. The van der Waals surface area contributed by atoms with Crippen molar-refractivity contribution in [3.8, 4) is 5.75 Å². The standard InChI is InChI=1S/C19H22N2O5/c1-13(22)14-6-8-15(9-7-14)26-16(23)12-21-17(24)19(20(2)18(21)25)10-4-3-5-11-19/h6-9H,3-5,10-12H2,1-2H3. The molecular formula is C19H22N2O5. The van der Waals surface area contributed by atoms with E-state index in [9.17, 15) is 19.2 Å². The van der Waals surface area contributed by atoms with Crippen molar-refractivity contribution in [3.05, 3.63) is 29.8 Å². The molecule has 1 spiro atoms. The Morgan fingerprint density at radius 1 is 1.08 bits per heavy atom. The van der Waals surface area contributed by atoms with Crippen LogP contribution in [-0.2, 0) is 9.59 Å². The molecule has 2 aliphatic rings. The Labute approximate surface area is 151 Å². The maximum absolute atomic E-state index is 12.8. The van der Waals surface area contributed by atoms with Gasteiger partial charge in [-0.15, -0.1) is 0 Å². The number of rotatable bonds is 4. The first-order valence-corrected chi connectivity index (χ1v) is 8.76. The lowest BCUT2D eigenvalue weighted by molar-refractivity contribution is -0.142. The quantitative estimate of drug-likeness (QED) is 0.357. The molecule has 0 radical (unpaired) electrons. The van der Waals surface area contributed by atoms with Gasteiger partial charge in [0, 0.05) is 12.6 Å². The SMILES string of the molecule is CC(=O)c1ccc(OC(=O)CN2C(=O)N(C)C3(CCCCC3)C2=O)cc1. The predicted octanol–water partition coefficient (Wildman–Crippen LogP) is 2.39. The summed E-state index contributed by atoms with van der Waals surface area (Å²) in [6, 6.07) is 5.68. The normalized spacial score (nSPS) is 19.2. The summed E-state index contributed by atoms with van der Waals surface area (Å²) in [5.74, 6) is -0.825. The highest BCUT2D eigenvalue weighted by Gasteiger charge is 2.55. The molecule has 1 aromatic rings. The number of carbonyl (C=O) groups excluding carboxylic acids is 4. The zero-order chi connectivity index (χ0) is 18.9. The zero-order valence-electron chi connectivity index (χ0n) is 15.0. The number of likely N-dealkylation sites (N-methyl/N-ethyl adjacent to an activating group) is 1. The monoisotopic (exact) mass is 358 g/mol. The van der Waals surface area contributed by atoms with Gasteiger partial charge >= 0.3 is 12.0 Å². The van der Waals surface area contributed by atoms with E-state index in [1.807, 2.05) is 0 Å². The number of nitrogens with zero attached hydrogens (tertiary/aromatic N) is 2. The van der Waals surface area contributed by atoms with E-state index in [-0.39, 0.29) is 17.4 Å². The van der Waals surface area contributed by atoms with Crippen LogP contribution in [0.2, 0.25) is 0 Å². The van der Waals surface area contributed by atoms with E-state index in [1.54, 1.807) is 19.2 Å². The first-order valence-electron chi connectivity index (χ1n) is 8.76. The summed E-state index contributed by atoms with van der Waals surface area (Å²) in [5, 5.41) is 0. The van der Waals surface area contributed by atoms with Gasteiger partial charge in [-0.1, -0.05) is 19.3 Å². The van der Waals surface area contributed by atoms with Crippen LogP contribution >= 0.6 is 0 Å². The minimum absolute atomic E-state index is 0.0862. The molecule has 0 bridgehead atoms. The van der Waals surface area contributed by atoms with Crippen LogP contribution < -0.4 is 4.74 Å². The van der Waals surface area contributed by atoms with E-state index < -0.39 is 24.1 Å². The molecule has 7 heteroatoms. The van der Waals surface area contributed by atoms with Crippen molar-refractivity contribution in [2.24, 2.45) is 0 Å². The van der Waals surface area contributed by atoms with Crippen LogP contribution in [0.3, 0.4) is 0 Å². The second kappa shape index (κ2) is 6.90. The zero-order valence-corrected chi connectivity index (χ0v) is 15.0. The van der Waals surface area contributed by atoms with Gasteiger partial charge in [-0.2, -0.15) is 0 Å². The number of Topliss-reactive ketones (excluding diaryl/α,β-unsaturated/α-hetero) is 1. The smallest absolute Gasteiger partial charge is 0.331 e. The third kappa shape index (κ3) is 3.09. The first kappa shape index (κ1) is 18.1. The molecule has 2 fully saturated rings. The molecule has 1 saturated carbocycles. The lowest BCUT2D eigenvalue weighted by Gasteiger charge is -2.35. The maximum Gasteiger partial charge on any atom is 0.331 e. The van der Waals surface area contributed by atoms with Gasteiger partial charge in [-0.3, -0.25) is 14.5 Å². The van der Waals surface area contributed by atoms with E-state index in [4.69, 9.17) is 4.74 Å². The molecule has 1 saturated heterocycles. The highest BCUT2D eigenvalue weighted by Crippen LogP contribution is 2.39. The fourth-order valence-electron chi connectivity index (χ4n) is 3.72. The number of ether oxygens (including phenoxy) is 1. The van der Waals surface area contributed by atoms with Crippen molar-refractivity contribution in [1.82, 2.24) is 9.80 Å². The largest absolute Gasteiger partial charge is 0.425 e. The molecule has 1 heterocycles. The van der Waals surface area contributed by atoms with Crippen LogP contribution in [-0.4, -0.2) is 52.6 Å². The Balaban J connectivity index is 1.68. The van der Waals surface area contributed by atoms with E-state index in [0.717, 1.165) is 24.2 Å². The average Bonchev–Trinajstić information content (AvgIpc) is 2.79. The maximum atomic E-state index is 12.8. The van der Waals surface area contributed by atoms with Crippen molar-refractivity contribution in [3.63, 3.8) is 0 Å². The van der Waals surface area contributed by atoms with Crippen LogP contribution in [0.15, 0.2) is 24.3 Å². The van der Waals surface area contributed by atoms with Crippen LogP contribution in [0.4, 0.5) is 4.79 Å². The molecule has 3 amide bonds. The Morgan fingerprint density at radius 2 is 1.69 bits per heavy atom. The van der Waals surface area contributed by atoms with Crippen molar-refractivity contribution < 1.29 is 23.9 Å². The third-order valence-corrected chi connectivity index (χ3v) is 5.26. The van der Waals surface area contributed by atoms with Crippen LogP contribution in [0.5, 0.6) is 5.75 Å². The van der Waals surface area contributed by atoms with Gasteiger partial charge in [0.05, 0.1) is 0 Å². The molecule has 1 aliphatic carbocycles. The number of imide groups is 1. The third-order valence-electron chi connectivity index (χ3n) is 5.26. The Bertz CT molecular complexity index is 750. The number of hydrogen-bond acceptors (Lipinski definition) is 5. The summed E-state index contributed by atoms with van der Waals surface area (Å²) in [7, 11) is 1.62. The fraction of sp³-hybridized carbons (Fsp3) is 0.474. The molecule has 1 aromatic carbocycles. The predicted molar refractivity (Wildman–Crippen MR) is 92.8 cm³/mol. The Kier molecular flexibility index (Phi) is 4.80. The van der Waals surface area contributed by atoms with Crippen LogP contribution in [0.1, 0.15) is 49.4 Å². The second-order valence-electron chi connectivity index (χ2n) is 6.88. The molecule has 0 unspecified atom stereocenters. The Hall–Kier alpha value is -2.70. The van der Waals surface area contributed by atoms with Gasteiger partial charge in [-0.05, 0) is 44.0 Å². The van der Waals surface area contributed by atoms with Crippen molar-refractivity contribution in [2.45, 2.75) is 44.6 Å². The average molecular weight is 358 g/mol. The van der Waals surface area contributed by atoms with Gasteiger partial charge in [0.1, 0.15) is 17.8 Å². The summed E-state index contributed by atoms with van der Waals surface area (Å²) in [5.41, 5.74) is -0.297. The molecule has 7 nitrogen and oxygen atoms in total. The molecule has 0 aromatic heterocycles. The van der Waals surface area contributed by atoms with E-state index >= 15 is 0 Å². The molecule has 26 heavy (non-hydrogen) atoms. The highest BCUT2D eigenvalue weighted by atomic mass is 16.5. The van der Waals surface area contributed by atoms with Gasteiger partial charge < -0.3 is 9.64 Å². The number of amides is 3. The van der Waals surface area contributed by atoms with Crippen LogP contribution in [0.25, 0.3) is 0 Å². The lowest BCUT2D eigenvalue weighted by atomic mass is 9.81. The number of carbonyl (C=O) groups is 4. The number of ketones is 1. The summed E-state index contributed by atoms with van der Waals surface area (Å²) >= 11 is 0. The van der Waals surface area contributed by atoms with Gasteiger partial charge in [0.25, 0.3) is 5.91 Å². The minimum atomic E-state index is -0.807. The van der Waals surface area contributed by atoms with Crippen molar-refractivity contribution >= 4 is 23.7 Å². The van der Waals surface area contributed by atoms with Crippen LogP contribution in [0, 0.1) is 0 Å². The lowest BCUT2D eigenvalue weighted by Crippen LogP contribution is -2.49. The van der Waals surface area contributed by atoms with Crippen molar-refractivity contribution in [1.29, 1.82) is 0 Å². The molecule has 0 N–H and O–H groups in total. The van der Waals surface area contributed by atoms with Gasteiger partial charge in [0.15, 0.2) is 5.78 Å². The number of urea groups is 1. The van der Waals surface area contributed by atoms with Crippen molar-refractivity contribution in [2.75, 3.05) is 13.6 Å². The van der Waals surface area contributed by atoms with Gasteiger partial charge in [-0.25, -0.2) is 9.59 Å². The molecular weight excluding hydrogens is 336 g/mol. The highest BCUT2D eigenvalue weighted by molar-refractivity contribution is 6.08. The molecule has 1 aliphatic heterocycles. The molecule has 0 atom stereocenters. The first-order chi connectivity index (χ1) is 12.3. The fourth-order valence-corrected chi connectivity index (χ4v) is 3.72. The van der Waals surface area contributed by atoms with Gasteiger partial charge in [0.2, 0.25) is 0 Å². The van der Waals surface area contributed by atoms with E-state index in [1.165, 1.54) is 24.0 Å². The van der Waals surface area contributed by atoms with E-state index in [0.29, 0.717) is 18.4 Å². The Morgan fingerprint density at radius 3 is 2.27 bits per heavy atom. The number of benzene rings is 1. The minimum Gasteiger partial charge on any atom is -0.425 e. The summed E-state index contributed by atoms with van der Waals surface area (Å²) in [6.45, 7) is 1.03. The number of esters is 1. The van der Waals surface area contributed by atoms with E-state index in [2.05, 4.69) is 0 Å². The number of hydrogen-bond donors (Lipinski definition) is 0. The second-order valence-corrected chi connectivity index (χ2v) is 6.88. The summed E-state index contributed by atoms with van der Waals surface area (Å²) in [4.78, 5) is 51.2. The topological polar surface area (TPSA) is 84.0 Å². The summed E-state index contributed by atoms with van der Waals surface area (Å²) < 4.78 is 5.20.